The van der Waals surface area contributed by atoms with E-state index in [1.165, 1.54) is 11.1 Å². The Balaban J connectivity index is 0.970. The normalized spacial score (nSPS) is 32.4. The topological polar surface area (TPSA) is 115 Å². The summed E-state index contributed by atoms with van der Waals surface area (Å²) in [6, 6.07) is 5.69. The molecule has 0 aromatic carbocycles. The van der Waals surface area contributed by atoms with E-state index in [1.807, 2.05) is 16.1 Å². The molecule has 5 aliphatic rings. The zero-order valence-electron chi connectivity index (χ0n) is 24.7. The second-order valence-electron chi connectivity index (χ2n) is 13.1. The van der Waals surface area contributed by atoms with Gasteiger partial charge < -0.3 is 14.5 Å². The van der Waals surface area contributed by atoms with Gasteiger partial charge in [0.15, 0.2) is 0 Å². The molecule has 0 radical (unpaired) electrons. The number of amides is 1. The monoisotopic (exact) mass is 608 g/mol. The van der Waals surface area contributed by atoms with E-state index in [1.54, 1.807) is 12.3 Å². The van der Waals surface area contributed by atoms with Gasteiger partial charge in [0.25, 0.3) is 5.56 Å². The second kappa shape index (κ2) is 10.4. The highest BCUT2D eigenvalue weighted by atomic mass is 19.4. The quantitative estimate of drug-likeness (QED) is 0.470. The number of ether oxygens (including phenoxy) is 1. The van der Waals surface area contributed by atoms with Gasteiger partial charge in [-0.3, -0.25) is 9.59 Å². The van der Waals surface area contributed by atoms with E-state index >= 15 is 0 Å². The van der Waals surface area contributed by atoms with Crippen LogP contribution < -0.4 is 10.5 Å². The Kier molecular flexibility index (Phi) is 6.88. The molecule has 9 nitrogen and oxygen atoms in total. The molecule has 1 saturated heterocycles. The molecule has 2 aromatic heterocycles. The maximum atomic E-state index is 13.9. The number of nitriles is 1. The van der Waals surface area contributed by atoms with Crippen LogP contribution in [0.5, 0.6) is 0 Å². The van der Waals surface area contributed by atoms with Crippen molar-refractivity contribution in [1.29, 1.82) is 5.26 Å². The van der Waals surface area contributed by atoms with Crippen molar-refractivity contribution in [3.05, 3.63) is 62.7 Å². The van der Waals surface area contributed by atoms with Crippen molar-refractivity contribution in [2.45, 2.75) is 45.2 Å². The number of nitrogens with one attached hydrogen (secondary N) is 1. The van der Waals surface area contributed by atoms with E-state index in [0.717, 1.165) is 24.9 Å². The number of carbonyl (C=O) groups excluding carboxylic acids is 1. The largest absolute Gasteiger partial charge is 0.422 e. The Hall–Kier alpha value is -3.72. The lowest BCUT2D eigenvalue weighted by molar-refractivity contribution is -0.212. The third kappa shape index (κ3) is 4.07. The summed E-state index contributed by atoms with van der Waals surface area (Å²) in [5, 5.41) is 14.6. The molecule has 4 fully saturated rings. The molecule has 1 aliphatic heterocycles. The summed E-state index contributed by atoms with van der Waals surface area (Å²) in [4.78, 5) is 34.5. The summed E-state index contributed by atoms with van der Waals surface area (Å²) in [6.45, 7) is 7.74. The average Bonchev–Trinajstić information content (AvgIpc) is 3.47. The summed E-state index contributed by atoms with van der Waals surface area (Å²) in [5.41, 5.74) is 0.252. The molecule has 3 saturated carbocycles. The van der Waals surface area contributed by atoms with Gasteiger partial charge in [-0.25, -0.2) is 10.1 Å². The van der Waals surface area contributed by atoms with E-state index in [4.69, 9.17) is 10.00 Å². The summed E-state index contributed by atoms with van der Waals surface area (Å²) in [5.74, 6) is 1.62. The summed E-state index contributed by atoms with van der Waals surface area (Å²) < 4.78 is 47.3. The van der Waals surface area contributed by atoms with Crippen LogP contribution in [-0.2, 0) is 15.7 Å². The molecule has 7 rings (SSSR count). The first kappa shape index (κ1) is 29.0. The first-order valence-electron chi connectivity index (χ1n) is 15.4. The number of anilines is 1. The fraction of sp³-hybridized carbons (Fsp3) is 0.594. The van der Waals surface area contributed by atoms with Crippen LogP contribution in [0, 0.1) is 46.3 Å². The first-order valence-corrected chi connectivity index (χ1v) is 15.4. The lowest BCUT2D eigenvalue weighted by Gasteiger charge is -2.78. The number of H-pyrrole nitrogens is 1. The molecule has 44 heavy (non-hydrogen) atoms. The zero-order valence-corrected chi connectivity index (χ0v) is 24.7. The number of aromatic nitrogens is 3. The minimum absolute atomic E-state index is 0.0292. The second-order valence-corrected chi connectivity index (χ2v) is 13.1. The third-order valence-electron chi connectivity index (χ3n) is 11.4. The molecular weight excluding hydrogens is 573 g/mol. The lowest BCUT2D eigenvalue weighted by atomic mass is 9.25. The fourth-order valence-electron chi connectivity index (χ4n) is 9.37. The number of nitrogens with zero attached hydrogens (tertiary/aromatic N) is 5. The molecule has 1 N–H and O–H groups in total. The highest BCUT2D eigenvalue weighted by molar-refractivity contribution is 5.93. The van der Waals surface area contributed by atoms with Crippen molar-refractivity contribution < 1.29 is 22.7 Å². The Morgan fingerprint density at radius 3 is 2.59 bits per heavy atom. The fourth-order valence-corrected chi connectivity index (χ4v) is 9.37. The van der Waals surface area contributed by atoms with Gasteiger partial charge in [-0.05, 0) is 61.1 Å². The van der Waals surface area contributed by atoms with Gasteiger partial charge in [0, 0.05) is 50.8 Å². The number of rotatable bonds is 7. The summed E-state index contributed by atoms with van der Waals surface area (Å²) in [7, 11) is 0. The van der Waals surface area contributed by atoms with Crippen LogP contribution in [0.25, 0.3) is 0 Å². The predicted octanol–water partition coefficient (Wildman–Crippen LogP) is 4.13. The number of hydrogen-bond acceptors (Lipinski definition) is 7. The minimum Gasteiger partial charge on any atom is -0.381 e. The Labute approximate surface area is 253 Å². The molecule has 1 amide bonds. The molecule has 7 atom stereocenters. The average molecular weight is 609 g/mol. The van der Waals surface area contributed by atoms with Gasteiger partial charge in [0.05, 0.1) is 23.8 Å². The third-order valence-corrected chi connectivity index (χ3v) is 11.4. The molecule has 3 heterocycles. The molecule has 0 spiro atoms. The van der Waals surface area contributed by atoms with Crippen LogP contribution in [0.15, 0.2) is 40.5 Å². The van der Waals surface area contributed by atoms with E-state index in [9.17, 15) is 22.8 Å². The number of piperazine rings is 1. The lowest BCUT2D eigenvalue weighted by Crippen LogP contribution is -2.79. The molecule has 2 aromatic rings. The Morgan fingerprint density at radius 2 is 1.95 bits per heavy atom. The Morgan fingerprint density at radius 1 is 1.18 bits per heavy atom. The van der Waals surface area contributed by atoms with Crippen molar-refractivity contribution in [1.82, 2.24) is 20.1 Å². The van der Waals surface area contributed by atoms with Crippen LogP contribution >= 0.6 is 0 Å². The van der Waals surface area contributed by atoms with E-state index < -0.39 is 28.6 Å². The van der Waals surface area contributed by atoms with Crippen LogP contribution in [-0.4, -0.2) is 65.4 Å². The number of alkyl halides is 3. The van der Waals surface area contributed by atoms with Gasteiger partial charge >= 0.3 is 6.18 Å². The standard InChI is InChI=1S/C32H35F3N6O3/c1-17-25-23(16-44-15-20-4-3-5-21(20)22-14-38-39-29(42)27(22)32(33,34)35)26-18(2)31(17,28(25)26)30(43)41-10-8-40(9-11-41)24-7-6-19(12-36)13-37-24/h6-7,13-14,17,20-21,23,25,28H,3-5,8-11,15-16H2,1-2H3,(H,39,42)/t17?,20-,21?,23?,25?,28?,31?/m0/s1. The van der Waals surface area contributed by atoms with E-state index in [2.05, 4.69) is 34.9 Å². The summed E-state index contributed by atoms with van der Waals surface area (Å²) in [6.07, 6.45) is 0.0801. The smallest absolute Gasteiger partial charge is 0.381 e. The Bertz CT molecular complexity index is 1610. The molecular formula is C32H35F3N6O3. The molecule has 0 bridgehead atoms. The number of halogens is 3. The minimum atomic E-state index is -4.74. The van der Waals surface area contributed by atoms with Gasteiger partial charge in [-0.15, -0.1) is 0 Å². The number of pyridine rings is 1. The molecule has 232 valence electrons. The SMILES string of the molecule is CC1=C2C(COC[C@@H]3CCCC3c3cn[nH]c(=O)c3C(F)(F)F)C3C(C)C1(C(=O)N1CCN(c4ccc(C#N)cn4)CC1)C23. The number of aromatic amines is 1. The van der Waals surface area contributed by atoms with Crippen LogP contribution in [0.2, 0.25) is 0 Å². The maximum Gasteiger partial charge on any atom is 0.422 e. The van der Waals surface area contributed by atoms with E-state index in [0.29, 0.717) is 57.3 Å². The predicted molar refractivity (Wildman–Crippen MR) is 153 cm³/mol. The van der Waals surface area contributed by atoms with Gasteiger partial charge in [0.2, 0.25) is 5.91 Å². The molecule has 12 heteroatoms. The zero-order chi connectivity index (χ0) is 31.0. The van der Waals surface area contributed by atoms with Crippen molar-refractivity contribution >= 4 is 11.7 Å². The van der Waals surface area contributed by atoms with Gasteiger partial charge in [-0.2, -0.15) is 23.5 Å². The number of hydrogen-bond donors (Lipinski definition) is 1. The van der Waals surface area contributed by atoms with Gasteiger partial charge in [0.1, 0.15) is 17.5 Å². The van der Waals surface area contributed by atoms with Crippen LogP contribution in [0.1, 0.15) is 55.7 Å². The highest BCUT2D eigenvalue weighted by Crippen LogP contribution is 2.81. The van der Waals surface area contributed by atoms with E-state index in [-0.39, 0.29) is 35.1 Å². The van der Waals surface area contributed by atoms with Crippen molar-refractivity contribution in [3.8, 4) is 6.07 Å². The molecule has 4 aliphatic carbocycles. The highest BCUT2D eigenvalue weighted by Gasteiger charge is 2.80. The van der Waals surface area contributed by atoms with Crippen molar-refractivity contribution in [3.63, 3.8) is 0 Å². The number of carbonyl (C=O) groups is 1. The van der Waals surface area contributed by atoms with Gasteiger partial charge in [-0.1, -0.05) is 24.5 Å². The first-order chi connectivity index (χ1) is 21.1. The molecule has 6 unspecified atom stereocenters. The van der Waals surface area contributed by atoms with Crippen molar-refractivity contribution in [2.75, 3.05) is 44.3 Å². The van der Waals surface area contributed by atoms with Crippen molar-refractivity contribution in [2.24, 2.45) is 35.0 Å². The summed E-state index contributed by atoms with van der Waals surface area (Å²) >= 11 is 0. The maximum absolute atomic E-state index is 13.9. The van der Waals surface area contributed by atoms with Crippen LogP contribution in [0.3, 0.4) is 0 Å². The van der Waals surface area contributed by atoms with Crippen LogP contribution in [0.4, 0.5) is 19.0 Å².